The molecule has 0 unspecified atom stereocenters. The van der Waals surface area contributed by atoms with E-state index in [1.54, 1.807) is 12.1 Å². The molecule has 7 heteroatoms. The first kappa shape index (κ1) is 20.0. The number of nitrogens with one attached hydrogen (secondary N) is 1. The molecule has 1 amide bonds. The number of thioether (sulfide) groups is 1. The standard InChI is InChI=1S/C23H21FN4OS/c24-20-8-6-7-18(13-20)14-25-22(29)17-30-16-19-15-26-28(21-9-2-1-3-10-21)23(19)27-11-4-5-12-27/h1-13,15H,14,16-17H2,(H,25,29). The molecule has 0 radical (unpaired) electrons. The van der Waals surface area contributed by atoms with Gasteiger partial charge in [-0.05, 0) is 42.0 Å². The summed E-state index contributed by atoms with van der Waals surface area (Å²) in [6.07, 6.45) is 5.81. The van der Waals surface area contributed by atoms with Crippen molar-refractivity contribution >= 4 is 17.7 Å². The number of hydrogen-bond donors (Lipinski definition) is 1. The van der Waals surface area contributed by atoms with Gasteiger partial charge < -0.3 is 9.88 Å². The summed E-state index contributed by atoms with van der Waals surface area (Å²) < 4.78 is 17.2. The molecule has 0 aliphatic rings. The number of halogens is 1. The van der Waals surface area contributed by atoms with Crippen LogP contribution in [0.25, 0.3) is 11.5 Å². The molecule has 2 aromatic heterocycles. The third kappa shape index (κ3) is 4.80. The maximum absolute atomic E-state index is 13.2. The fraction of sp³-hybridized carbons (Fsp3) is 0.130. The van der Waals surface area contributed by atoms with Gasteiger partial charge in [0.05, 0.1) is 17.6 Å². The van der Waals surface area contributed by atoms with Gasteiger partial charge in [-0.3, -0.25) is 4.79 Å². The molecule has 0 aliphatic heterocycles. The summed E-state index contributed by atoms with van der Waals surface area (Å²) in [6.45, 7) is 0.317. The lowest BCUT2D eigenvalue weighted by Crippen LogP contribution is -2.24. The van der Waals surface area contributed by atoms with Crippen LogP contribution in [0.3, 0.4) is 0 Å². The molecule has 1 N–H and O–H groups in total. The highest BCUT2D eigenvalue weighted by molar-refractivity contribution is 7.99. The molecular formula is C23H21FN4OS. The van der Waals surface area contributed by atoms with Crippen LogP contribution in [-0.2, 0) is 17.1 Å². The number of carbonyl (C=O) groups excluding carboxylic acids is 1. The van der Waals surface area contributed by atoms with E-state index in [-0.39, 0.29) is 11.7 Å². The zero-order chi connectivity index (χ0) is 20.8. The number of aromatic nitrogens is 3. The van der Waals surface area contributed by atoms with Crippen molar-refractivity contribution in [3.05, 3.63) is 102 Å². The first-order valence-electron chi connectivity index (χ1n) is 9.55. The highest BCUT2D eigenvalue weighted by atomic mass is 32.2. The number of rotatable bonds is 8. The lowest BCUT2D eigenvalue weighted by molar-refractivity contribution is -0.118. The van der Waals surface area contributed by atoms with Crippen LogP contribution < -0.4 is 5.32 Å². The second-order valence-corrected chi connectivity index (χ2v) is 7.72. The second kappa shape index (κ2) is 9.45. The lowest BCUT2D eigenvalue weighted by Gasteiger charge is -2.11. The fourth-order valence-electron chi connectivity index (χ4n) is 3.14. The molecular weight excluding hydrogens is 399 g/mol. The van der Waals surface area contributed by atoms with Crippen LogP contribution in [0.15, 0.2) is 85.3 Å². The molecule has 0 saturated carbocycles. The smallest absolute Gasteiger partial charge is 0.230 e. The Kier molecular flexibility index (Phi) is 6.29. The average Bonchev–Trinajstić information content (AvgIpc) is 3.43. The van der Waals surface area contributed by atoms with Gasteiger partial charge >= 0.3 is 0 Å². The molecule has 5 nitrogen and oxygen atoms in total. The van der Waals surface area contributed by atoms with Crippen LogP contribution in [0, 0.1) is 5.82 Å². The number of amides is 1. The summed E-state index contributed by atoms with van der Waals surface area (Å²) in [4.78, 5) is 12.2. The molecule has 152 valence electrons. The highest BCUT2D eigenvalue weighted by Gasteiger charge is 2.14. The van der Waals surface area contributed by atoms with E-state index in [1.807, 2.05) is 70.3 Å². The van der Waals surface area contributed by atoms with Gasteiger partial charge in [0.15, 0.2) is 0 Å². The van der Waals surface area contributed by atoms with Crippen LogP contribution in [0.4, 0.5) is 4.39 Å². The number of para-hydroxylation sites is 1. The Morgan fingerprint density at radius 2 is 1.83 bits per heavy atom. The molecule has 0 atom stereocenters. The van der Waals surface area contributed by atoms with E-state index < -0.39 is 0 Å². The molecule has 0 aliphatic carbocycles. The summed E-state index contributed by atoms with van der Waals surface area (Å²) in [6, 6.07) is 20.1. The Morgan fingerprint density at radius 1 is 1.03 bits per heavy atom. The predicted molar refractivity (Wildman–Crippen MR) is 117 cm³/mol. The van der Waals surface area contributed by atoms with Crippen LogP contribution in [0.2, 0.25) is 0 Å². The van der Waals surface area contributed by atoms with E-state index in [2.05, 4.69) is 10.4 Å². The minimum atomic E-state index is -0.302. The van der Waals surface area contributed by atoms with Crippen molar-refractivity contribution in [1.29, 1.82) is 0 Å². The predicted octanol–water partition coefficient (Wildman–Crippen LogP) is 4.35. The normalized spacial score (nSPS) is 10.8. The Labute approximate surface area is 178 Å². The minimum Gasteiger partial charge on any atom is -0.351 e. The van der Waals surface area contributed by atoms with Gasteiger partial charge in [-0.25, -0.2) is 9.07 Å². The maximum atomic E-state index is 13.2. The molecule has 2 aromatic carbocycles. The van der Waals surface area contributed by atoms with Gasteiger partial charge in [0.1, 0.15) is 11.6 Å². The van der Waals surface area contributed by atoms with Crippen molar-refractivity contribution in [2.45, 2.75) is 12.3 Å². The lowest BCUT2D eigenvalue weighted by atomic mass is 10.2. The number of hydrogen-bond acceptors (Lipinski definition) is 3. The quantitative estimate of drug-likeness (QED) is 0.461. The average molecular weight is 421 g/mol. The van der Waals surface area contributed by atoms with E-state index in [9.17, 15) is 9.18 Å². The maximum Gasteiger partial charge on any atom is 0.230 e. The van der Waals surface area contributed by atoms with E-state index in [1.165, 1.54) is 23.9 Å². The molecule has 0 saturated heterocycles. The van der Waals surface area contributed by atoms with Crippen molar-refractivity contribution in [3.63, 3.8) is 0 Å². The number of nitrogens with zero attached hydrogens (tertiary/aromatic N) is 3. The molecule has 2 heterocycles. The highest BCUT2D eigenvalue weighted by Crippen LogP contribution is 2.23. The summed E-state index contributed by atoms with van der Waals surface area (Å²) in [5, 5.41) is 7.40. The van der Waals surface area contributed by atoms with Gasteiger partial charge in [0.25, 0.3) is 0 Å². The van der Waals surface area contributed by atoms with Gasteiger partial charge in [-0.2, -0.15) is 5.10 Å². The van der Waals surface area contributed by atoms with E-state index in [0.717, 1.165) is 22.6 Å². The molecule has 30 heavy (non-hydrogen) atoms. The van der Waals surface area contributed by atoms with E-state index >= 15 is 0 Å². The Bertz CT molecular complexity index is 1110. The SMILES string of the molecule is O=C(CSCc1cnn(-c2ccccc2)c1-n1cccc1)NCc1cccc(F)c1. The third-order valence-corrected chi connectivity index (χ3v) is 5.52. The van der Waals surface area contributed by atoms with Gasteiger partial charge in [0, 0.05) is 30.3 Å². The number of carbonyl (C=O) groups is 1. The van der Waals surface area contributed by atoms with Crippen molar-refractivity contribution in [2.75, 3.05) is 5.75 Å². The monoisotopic (exact) mass is 420 g/mol. The third-order valence-electron chi connectivity index (χ3n) is 4.54. The van der Waals surface area contributed by atoms with E-state index in [0.29, 0.717) is 18.1 Å². The fourth-order valence-corrected chi connectivity index (χ4v) is 3.95. The van der Waals surface area contributed by atoms with Crippen molar-refractivity contribution in [2.24, 2.45) is 0 Å². The van der Waals surface area contributed by atoms with Gasteiger partial charge in [0.2, 0.25) is 5.91 Å². The van der Waals surface area contributed by atoms with Crippen LogP contribution in [0.1, 0.15) is 11.1 Å². The van der Waals surface area contributed by atoms with Gasteiger partial charge in [-0.15, -0.1) is 11.8 Å². The summed E-state index contributed by atoms with van der Waals surface area (Å²) in [5.41, 5.74) is 2.76. The molecule has 4 rings (SSSR count). The zero-order valence-electron chi connectivity index (χ0n) is 16.2. The Morgan fingerprint density at radius 3 is 2.60 bits per heavy atom. The first-order valence-corrected chi connectivity index (χ1v) is 10.7. The second-order valence-electron chi connectivity index (χ2n) is 6.73. The Hall–Kier alpha value is -3.32. The minimum absolute atomic E-state index is 0.0813. The molecule has 4 aromatic rings. The summed E-state index contributed by atoms with van der Waals surface area (Å²) in [7, 11) is 0. The van der Waals surface area contributed by atoms with Crippen molar-refractivity contribution in [3.8, 4) is 11.5 Å². The molecule has 0 spiro atoms. The largest absolute Gasteiger partial charge is 0.351 e. The van der Waals surface area contributed by atoms with Gasteiger partial charge in [-0.1, -0.05) is 30.3 Å². The van der Waals surface area contributed by atoms with Crippen LogP contribution in [-0.4, -0.2) is 26.0 Å². The van der Waals surface area contributed by atoms with Crippen LogP contribution in [0.5, 0.6) is 0 Å². The first-order chi connectivity index (χ1) is 14.7. The summed E-state index contributed by atoms with van der Waals surface area (Å²) >= 11 is 1.52. The molecule has 0 bridgehead atoms. The Balaban J connectivity index is 1.40. The van der Waals surface area contributed by atoms with Crippen molar-refractivity contribution in [1.82, 2.24) is 19.7 Å². The zero-order valence-corrected chi connectivity index (χ0v) is 17.1. The topological polar surface area (TPSA) is 51.9 Å². The molecule has 0 fully saturated rings. The number of benzene rings is 2. The summed E-state index contributed by atoms with van der Waals surface area (Å²) in [5.74, 6) is 1.54. The van der Waals surface area contributed by atoms with Crippen molar-refractivity contribution < 1.29 is 9.18 Å². The van der Waals surface area contributed by atoms with E-state index in [4.69, 9.17) is 0 Å². The van der Waals surface area contributed by atoms with Crippen LogP contribution >= 0.6 is 11.8 Å².